The van der Waals surface area contributed by atoms with Crippen LogP contribution in [0.25, 0.3) is 0 Å². The van der Waals surface area contributed by atoms with E-state index in [1.54, 1.807) is 32.6 Å². The molecule has 0 unspecified atom stereocenters. The van der Waals surface area contributed by atoms with Crippen LogP contribution in [0.3, 0.4) is 0 Å². The van der Waals surface area contributed by atoms with Crippen molar-refractivity contribution in [3.8, 4) is 0 Å². The van der Waals surface area contributed by atoms with Gasteiger partial charge in [-0.2, -0.15) is 0 Å². The number of carbonyl (C=O) groups excluding carboxylic acids is 10. The summed E-state index contributed by atoms with van der Waals surface area (Å²) in [5.74, 6) is -4.95. The van der Waals surface area contributed by atoms with Crippen molar-refractivity contribution in [2.45, 2.75) is 243 Å². The summed E-state index contributed by atoms with van der Waals surface area (Å²) in [6, 6.07) is -1.89. The minimum atomic E-state index is -1.34. The fourth-order valence-electron chi connectivity index (χ4n) is 15.6. The first kappa shape index (κ1) is 112. The van der Waals surface area contributed by atoms with Crippen LogP contribution in [0.15, 0.2) is 18.6 Å². The van der Waals surface area contributed by atoms with E-state index in [9.17, 15) is 47.9 Å². The van der Waals surface area contributed by atoms with Crippen LogP contribution in [-0.2, 0) is 215 Å². The molecule has 774 valence electrons. The number of aliphatic hydroxyl groups excluding tert-OH is 1. The third-order valence-corrected chi connectivity index (χ3v) is 21.6. The highest BCUT2D eigenvalue weighted by atomic mass is 16.8. The lowest BCUT2D eigenvalue weighted by Crippen LogP contribution is -2.68. The van der Waals surface area contributed by atoms with E-state index in [-0.39, 0.29) is 236 Å². The van der Waals surface area contributed by atoms with Crippen molar-refractivity contribution >= 4 is 59.4 Å². The normalized spacial score (nSPS) is 24.0. The van der Waals surface area contributed by atoms with E-state index in [1.165, 1.54) is 55.4 Å². The van der Waals surface area contributed by atoms with Gasteiger partial charge in [0, 0.05) is 87.8 Å². The number of nitrogens with zero attached hydrogens (tertiary/aromatic N) is 9. The molecular formula is C86H137N13O38. The SMILES string of the molecule is CC(=O)N[C@H]1[C@H]2OC[C@](COCCOCCOCCOCCn3cc(COCC(COCc4cn(CCOCCOCCOCCOC[C@@]56CO[C@@H](O5)[C@H](NC(C)=O)[C@@H](OC(C)=O)[C@H]6OC(C)=O)nn4)(COCc4cn(CCOCCOCCOCCOC[C@]56CO[C@H](C[C@@H](OC(C)=O)[C@H]5OC(C)=O)O6)nn4)NC(=O)CCCCCNC(=O)CCCCCO)nn3)(O2)[C@H](OC(C)=O)[C@@H]1OC(C)=O. The zero-order valence-electron chi connectivity index (χ0n) is 79.4. The highest BCUT2D eigenvalue weighted by Gasteiger charge is 2.66. The second-order valence-electron chi connectivity index (χ2n) is 33.3. The predicted octanol–water partition coefficient (Wildman–Crippen LogP) is -1.94. The lowest BCUT2D eigenvalue weighted by Gasteiger charge is -2.45. The molecule has 0 spiro atoms. The van der Waals surface area contributed by atoms with Crippen LogP contribution in [0, 0.1) is 0 Å². The second kappa shape index (κ2) is 60.4. The minimum Gasteiger partial charge on any atom is -0.458 e. The van der Waals surface area contributed by atoms with Gasteiger partial charge in [0.05, 0.1) is 256 Å². The maximum Gasteiger partial charge on any atom is 0.303 e. The Balaban J connectivity index is 0.714. The Morgan fingerprint density at radius 1 is 0.387 bits per heavy atom. The van der Waals surface area contributed by atoms with Gasteiger partial charge < -0.3 is 154 Å². The van der Waals surface area contributed by atoms with Crippen molar-refractivity contribution in [2.75, 3.05) is 211 Å². The van der Waals surface area contributed by atoms with Gasteiger partial charge in [0.15, 0.2) is 66.2 Å². The highest BCUT2D eigenvalue weighted by molar-refractivity contribution is 5.77. The maximum absolute atomic E-state index is 14.2. The molecule has 0 aliphatic carbocycles. The second-order valence-corrected chi connectivity index (χ2v) is 33.3. The Morgan fingerprint density at radius 2 is 0.723 bits per heavy atom. The number of aromatic nitrogens is 9. The number of ether oxygens (including phenoxy) is 27. The number of aliphatic hydroxyl groups is 1. The van der Waals surface area contributed by atoms with Crippen molar-refractivity contribution in [2.24, 2.45) is 0 Å². The van der Waals surface area contributed by atoms with Crippen LogP contribution in [-0.4, -0.2) is 411 Å². The van der Waals surface area contributed by atoms with Crippen LogP contribution in [0.1, 0.15) is 130 Å². The predicted molar refractivity (Wildman–Crippen MR) is 461 cm³/mol. The number of esters is 6. The number of amides is 4. The third kappa shape index (κ3) is 39.3. The van der Waals surface area contributed by atoms with Gasteiger partial charge in [-0.05, 0) is 25.7 Å². The molecule has 137 heavy (non-hydrogen) atoms. The van der Waals surface area contributed by atoms with Crippen LogP contribution < -0.4 is 21.3 Å². The molecule has 6 aliphatic rings. The summed E-state index contributed by atoms with van der Waals surface area (Å²) in [5.41, 5.74) is -3.72. The zero-order chi connectivity index (χ0) is 98.1. The zero-order valence-corrected chi connectivity index (χ0v) is 79.4. The minimum absolute atomic E-state index is 0.0105. The summed E-state index contributed by atoms with van der Waals surface area (Å²) in [6.07, 6.45) is 0.851. The van der Waals surface area contributed by atoms with E-state index in [1.807, 2.05) is 0 Å². The van der Waals surface area contributed by atoms with E-state index in [2.05, 4.69) is 52.2 Å². The molecule has 5 N–H and O–H groups in total. The van der Waals surface area contributed by atoms with Crippen molar-refractivity contribution in [3.05, 3.63) is 35.7 Å². The van der Waals surface area contributed by atoms with Gasteiger partial charge in [0.2, 0.25) is 23.6 Å². The summed E-state index contributed by atoms with van der Waals surface area (Å²) < 4.78 is 162. The van der Waals surface area contributed by atoms with E-state index in [4.69, 9.17) is 133 Å². The number of nitrogens with one attached hydrogen (secondary N) is 4. The molecule has 9 rings (SSSR count). The van der Waals surface area contributed by atoms with Crippen LogP contribution in [0.2, 0.25) is 0 Å². The molecule has 6 bridgehead atoms. The van der Waals surface area contributed by atoms with Crippen LogP contribution >= 0.6 is 0 Å². The van der Waals surface area contributed by atoms with E-state index < -0.39 is 138 Å². The molecule has 51 nitrogen and oxygen atoms in total. The number of rotatable bonds is 74. The van der Waals surface area contributed by atoms with Crippen molar-refractivity contribution < 1.29 is 181 Å². The van der Waals surface area contributed by atoms with Gasteiger partial charge in [-0.15, -0.1) is 15.3 Å². The first-order valence-corrected chi connectivity index (χ1v) is 46.2. The van der Waals surface area contributed by atoms with E-state index in [0.717, 1.165) is 6.42 Å². The van der Waals surface area contributed by atoms with Crippen LogP contribution in [0.4, 0.5) is 0 Å². The van der Waals surface area contributed by atoms with Crippen molar-refractivity contribution in [1.82, 2.24) is 66.2 Å². The van der Waals surface area contributed by atoms with Gasteiger partial charge in [0.25, 0.3) is 0 Å². The van der Waals surface area contributed by atoms with Gasteiger partial charge in [-0.1, -0.05) is 28.5 Å². The summed E-state index contributed by atoms with van der Waals surface area (Å²) >= 11 is 0. The molecule has 6 saturated heterocycles. The molecule has 0 aromatic carbocycles. The number of hydrogen-bond donors (Lipinski definition) is 5. The fourth-order valence-corrected chi connectivity index (χ4v) is 15.6. The molecule has 51 heteroatoms. The first-order chi connectivity index (χ1) is 66.2. The average Bonchev–Trinajstić information content (AvgIpc) is 1.59. The van der Waals surface area contributed by atoms with Crippen molar-refractivity contribution in [3.63, 3.8) is 0 Å². The number of unbranched alkanes of at least 4 members (excludes halogenated alkanes) is 4. The quantitative estimate of drug-likeness (QED) is 0.0233. The summed E-state index contributed by atoms with van der Waals surface area (Å²) in [7, 11) is 0. The molecule has 14 atom stereocenters. The molecule has 6 fully saturated rings. The first-order valence-electron chi connectivity index (χ1n) is 46.2. The number of carbonyl (C=O) groups is 10. The molecule has 3 aromatic rings. The molecule has 3 aromatic heterocycles. The monoisotopic (exact) mass is 1960 g/mol. The molecule has 9 heterocycles. The smallest absolute Gasteiger partial charge is 0.303 e. The maximum atomic E-state index is 14.2. The number of fused-ring (bicyclic) bond motifs is 6. The lowest BCUT2D eigenvalue weighted by molar-refractivity contribution is -0.251. The lowest BCUT2D eigenvalue weighted by atomic mass is 9.87. The van der Waals surface area contributed by atoms with Gasteiger partial charge in [-0.25, -0.2) is 14.0 Å². The molecule has 0 saturated carbocycles. The Morgan fingerprint density at radius 3 is 1.09 bits per heavy atom. The number of hydrogen-bond acceptors (Lipinski definition) is 44. The molecule has 6 aliphatic heterocycles. The average molecular weight is 1960 g/mol. The largest absolute Gasteiger partial charge is 0.458 e. The Kier molecular flexibility index (Phi) is 49.3. The van der Waals surface area contributed by atoms with E-state index in [0.29, 0.717) is 95.0 Å². The summed E-state index contributed by atoms with van der Waals surface area (Å²) in [6.45, 7) is 15.8. The standard InChI is InChI=1S/C86H137N13O38/c1-59(101)88-74-76(130-62(4)104)79(133-65(7)107)85(57-127-81(74)136-85)54-121-41-38-118-35-32-115-29-26-112-23-19-98-45-68(92-95-98)48-124-51-83(90-72(110)16-11-9-13-17-87-71(109)15-12-10-14-21-100,50-123-47-67-44-97(94-91-67)18-22-111-25-28-114-31-34-117-37-40-120-53-84-56-126-73(135-84)43-70(129-61(3)103)78(84)132-64(6)106)52-125-49-69-46-99(96-93-69)20-24-113-27-30-116-33-36-119-39-42-122-55-86-58-128-82(137-86)75(89-60(2)102)77(131-63(5)105)80(86)134-66(8)108/h44-46,70,73-82,100H,9-43,47-58H2,1-8H3,(H,87,109)(H,88,101)(H,89,102)(H,90,110)/t70-,73+,74-,75-,76-,77-,78-,79-,80-,81+,82+,84+,85+,86+/m1/s1. The third-order valence-electron chi connectivity index (χ3n) is 21.6. The van der Waals surface area contributed by atoms with Crippen molar-refractivity contribution in [1.29, 1.82) is 0 Å². The Hall–Kier alpha value is -8.76. The Labute approximate surface area is 793 Å². The summed E-state index contributed by atoms with van der Waals surface area (Å²) in [5, 5.41) is 46.4. The van der Waals surface area contributed by atoms with Gasteiger partial charge in [0.1, 0.15) is 40.8 Å². The molecule has 4 amide bonds. The van der Waals surface area contributed by atoms with Gasteiger partial charge >= 0.3 is 35.8 Å². The Bertz CT molecular complexity index is 3950. The molecule has 0 radical (unpaired) electrons. The fraction of sp³-hybridized carbons (Fsp3) is 0.814. The molecular weight excluding hydrogens is 1820 g/mol. The topological polar surface area (TPSA) is 580 Å². The van der Waals surface area contributed by atoms with E-state index >= 15 is 0 Å². The van der Waals surface area contributed by atoms with Crippen LogP contribution in [0.5, 0.6) is 0 Å². The highest BCUT2D eigenvalue weighted by Crippen LogP contribution is 2.44. The van der Waals surface area contributed by atoms with Gasteiger partial charge in [-0.3, -0.25) is 47.9 Å². The summed E-state index contributed by atoms with van der Waals surface area (Å²) in [4.78, 5) is 123.